The third kappa shape index (κ3) is 132. The highest BCUT2D eigenvalue weighted by Crippen LogP contribution is 1.76. The molecule has 0 bridgehead atoms. The van der Waals surface area contributed by atoms with Crippen LogP contribution in [0.15, 0.2) is 12.2 Å². The number of esters is 1. The van der Waals surface area contributed by atoms with E-state index in [9.17, 15) is 9.59 Å². The summed E-state index contributed by atoms with van der Waals surface area (Å²) in [7, 11) is 0. The molecule has 7 nitrogen and oxygen atoms in total. The maximum absolute atomic E-state index is 10.1. The topological polar surface area (TPSA) is 118 Å². The predicted molar refractivity (Wildman–Crippen MR) is 58.5 cm³/mol. The molecule has 2 N–H and O–H groups in total. The number of carbonyl (C=O) groups excluding carboxylic acids is 2. The Morgan fingerprint density at radius 1 is 1.06 bits per heavy atom. The van der Waals surface area contributed by atoms with Gasteiger partial charge in [0.15, 0.2) is 0 Å². The van der Waals surface area contributed by atoms with Gasteiger partial charge in [-0.3, -0.25) is 19.2 Å². The van der Waals surface area contributed by atoms with E-state index in [-0.39, 0.29) is 12.6 Å². The van der Waals surface area contributed by atoms with Gasteiger partial charge in [-0.2, -0.15) is 0 Å². The van der Waals surface area contributed by atoms with E-state index in [0.717, 1.165) is 13.8 Å². The second kappa shape index (κ2) is 16.3. The fourth-order valence-electron chi connectivity index (χ4n) is 0.277. The van der Waals surface area contributed by atoms with Crippen LogP contribution in [0.5, 0.6) is 0 Å². The van der Waals surface area contributed by atoms with Crippen LogP contribution in [0.1, 0.15) is 20.8 Å². The van der Waals surface area contributed by atoms with Crippen molar-refractivity contribution in [2.75, 3.05) is 6.61 Å². The van der Waals surface area contributed by atoms with Gasteiger partial charge in [-0.15, -0.1) is 0 Å². The molecule has 0 saturated heterocycles. The van der Waals surface area contributed by atoms with Gasteiger partial charge in [0.2, 0.25) is 0 Å². The molecule has 0 radical (unpaired) electrons. The smallest absolute Gasteiger partial charge is 0.302 e. The van der Waals surface area contributed by atoms with Crippen molar-refractivity contribution in [1.29, 1.82) is 0 Å². The first kappa shape index (κ1) is 20.3. The lowest BCUT2D eigenvalue weighted by Crippen LogP contribution is -1.97. The number of aldehydes is 1. The Hall–Kier alpha value is -2.18. The largest absolute Gasteiger partial charge is 0.481 e. The van der Waals surface area contributed by atoms with Crippen LogP contribution in [0.2, 0.25) is 0 Å². The molecular weight excluding hydrogens is 232 g/mol. The van der Waals surface area contributed by atoms with Gasteiger partial charge in [-0.1, -0.05) is 0 Å². The van der Waals surface area contributed by atoms with Gasteiger partial charge >= 0.3 is 5.97 Å². The van der Waals surface area contributed by atoms with Gasteiger partial charge in [0.05, 0.1) is 0 Å². The standard InChI is InChI=1S/C6H8O3.2C2H4O2/c1-6(8)9-5-3-2-4-7;2*1-2(3)4/h2-4H,5H2,1H3;2*1H3,(H,3,4)/b3-2+;;. The first-order valence-corrected chi connectivity index (χ1v) is 4.36. The molecule has 0 aliphatic heterocycles. The molecule has 0 unspecified atom stereocenters. The van der Waals surface area contributed by atoms with Crippen molar-refractivity contribution < 1.29 is 34.1 Å². The summed E-state index contributed by atoms with van der Waals surface area (Å²) in [6.07, 6.45) is 3.38. The average molecular weight is 248 g/mol. The number of carbonyl (C=O) groups is 4. The van der Waals surface area contributed by atoms with E-state index in [0.29, 0.717) is 6.29 Å². The highest BCUT2D eigenvalue weighted by atomic mass is 16.5. The lowest BCUT2D eigenvalue weighted by atomic mass is 10.5. The minimum absolute atomic E-state index is 0.175. The lowest BCUT2D eigenvalue weighted by molar-refractivity contribution is -0.140. The summed E-state index contributed by atoms with van der Waals surface area (Å²) in [6, 6.07) is 0. The number of hydrogen-bond donors (Lipinski definition) is 2. The van der Waals surface area contributed by atoms with Crippen molar-refractivity contribution in [1.82, 2.24) is 0 Å². The Bertz CT molecular complexity index is 248. The molecule has 0 heterocycles. The molecule has 98 valence electrons. The minimum atomic E-state index is -0.833. The number of ether oxygens (including phenoxy) is 1. The van der Waals surface area contributed by atoms with Crippen molar-refractivity contribution >= 4 is 24.2 Å². The van der Waals surface area contributed by atoms with Crippen LogP contribution in [0, 0.1) is 0 Å². The van der Waals surface area contributed by atoms with E-state index in [2.05, 4.69) is 4.74 Å². The molecule has 0 amide bonds. The molecular formula is C10H16O7. The molecule has 0 spiro atoms. The average Bonchev–Trinajstić information content (AvgIpc) is 2.10. The van der Waals surface area contributed by atoms with Gasteiger partial charge in [0.25, 0.3) is 11.9 Å². The fraction of sp³-hybridized carbons (Fsp3) is 0.400. The highest BCUT2D eigenvalue weighted by molar-refractivity contribution is 5.67. The maximum atomic E-state index is 10.1. The molecule has 0 aromatic heterocycles. The van der Waals surface area contributed by atoms with Gasteiger partial charge in [-0.05, 0) is 12.2 Å². The fourth-order valence-corrected chi connectivity index (χ4v) is 0.277. The molecule has 0 aliphatic rings. The first-order valence-electron chi connectivity index (χ1n) is 4.36. The van der Waals surface area contributed by atoms with Gasteiger partial charge in [0, 0.05) is 20.8 Å². The number of hydrogen-bond acceptors (Lipinski definition) is 5. The molecule has 17 heavy (non-hydrogen) atoms. The summed E-state index contributed by atoms with van der Waals surface area (Å²) < 4.78 is 4.46. The number of carboxylic acid groups (broad SMARTS) is 2. The van der Waals surface area contributed by atoms with Crippen LogP contribution in [0.4, 0.5) is 0 Å². The second-order valence-corrected chi connectivity index (χ2v) is 2.40. The zero-order chi connectivity index (χ0) is 14.3. The Kier molecular flexibility index (Phi) is 19.4. The second-order valence-electron chi connectivity index (χ2n) is 2.40. The van der Waals surface area contributed by atoms with Crippen LogP contribution >= 0.6 is 0 Å². The van der Waals surface area contributed by atoms with Gasteiger partial charge in [-0.25, -0.2) is 0 Å². The van der Waals surface area contributed by atoms with E-state index in [1.807, 2.05) is 0 Å². The van der Waals surface area contributed by atoms with E-state index in [4.69, 9.17) is 19.8 Å². The molecule has 0 fully saturated rings. The lowest BCUT2D eigenvalue weighted by Gasteiger charge is -1.91. The monoisotopic (exact) mass is 248 g/mol. The van der Waals surface area contributed by atoms with Crippen LogP contribution in [-0.4, -0.2) is 41.0 Å². The van der Waals surface area contributed by atoms with Crippen molar-refractivity contribution in [2.24, 2.45) is 0 Å². The Labute approximate surface area is 98.7 Å². The highest BCUT2D eigenvalue weighted by Gasteiger charge is 1.84. The summed E-state index contributed by atoms with van der Waals surface area (Å²) in [5.74, 6) is -2.01. The SMILES string of the molecule is CC(=O)O.CC(=O)O.CC(=O)OC/C=C/C=O. The minimum Gasteiger partial charge on any atom is -0.481 e. The maximum Gasteiger partial charge on any atom is 0.302 e. The summed E-state index contributed by atoms with van der Waals surface area (Å²) in [4.78, 5) is 37.7. The predicted octanol–water partition coefficient (Wildman–Crippen LogP) is 0.486. The van der Waals surface area contributed by atoms with Crippen molar-refractivity contribution in [3.63, 3.8) is 0 Å². The molecule has 0 saturated carbocycles. The van der Waals surface area contributed by atoms with E-state index in [1.54, 1.807) is 0 Å². The van der Waals surface area contributed by atoms with Crippen molar-refractivity contribution in [3.05, 3.63) is 12.2 Å². The van der Waals surface area contributed by atoms with Crippen LogP contribution in [0.3, 0.4) is 0 Å². The van der Waals surface area contributed by atoms with E-state index < -0.39 is 11.9 Å². The van der Waals surface area contributed by atoms with Crippen molar-refractivity contribution in [2.45, 2.75) is 20.8 Å². The summed E-state index contributed by atoms with van der Waals surface area (Å²) in [5.41, 5.74) is 0. The summed E-state index contributed by atoms with van der Waals surface area (Å²) in [6.45, 7) is 3.66. The normalized spacial score (nSPS) is 7.94. The molecule has 0 aromatic carbocycles. The van der Waals surface area contributed by atoms with Crippen LogP contribution < -0.4 is 0 Å². The van der Waals surface area contributed by atoms with E-state index >= 15 is 0 Å². The zero-order valence-electron chi connectivity index (χ0n) is 9.87. The molecule has 0 rings (SSSR count). The van der Waals surface area contributed by atoms with Gasteiger partial charge in [0.1, 0.15) is 12.9 Å². The van der Waals surface area contributed by atoms with Crippen LogP contribution in [0.25, 0.3) is 0 Å². The zero-order valence-corrected chi connectivity index (χ0v) is 9.87. The van der Waals surface area contributed by atoms with Crippen LogP contribution in [-0.2, 0) is 23.9 Å². The molecule has 7 heteroatoms. The van der Waals surface area contributed by atoms with E-state index in [1.165, 1.54) is 19.1 Å². The number of rotatable bonds is 3. The number of aliphatic carboxylic acids is 2. The molecule has 0 atom stereocenters. The Morgan fingerprint density at radius 2 is 1.41 bits per heavy atom. The Morgan fingerprint density at radius 3 is 1.65 bits per heavy atom. The summed E-state index contributed by atoms with van der Waals surface area (Å²) in [5, 5.41) is 14.8. The number of carboxylic acids is 2. The van der Waals surface area contributed by atoms with Crippen molar-refractivity contribution in [3.8, 4) is 0 Å². The number of allylic oxidation sites excluding steroid dienone is 1. The Balaban J connectivity index is -0.000000205. The summed E-state index contributed by atoms with van der Waals surface area (Å²) >= 11 is 0. The quantitative estimate of drug-likeness (QED) is 0.423. The molecule has 0 aliphatic carbocycles. The first-order chi connectivity index (χ1) is 7.73. The van der Waals surface area contributed by atoms with Gasteiger partial charge < -0.3 is 14.9 Å². The molecule has 0 aromatic rings. The third-order valence-corrected chi connectivity index (χ3v) is 0.597. The third-order valence-electron chi connectivity index (χ3n) is 0.597.